The van der Waals surface area contributed by atoms with Crippen molar-refractivity contribution in [2.24, 2.45) is 11.0 Å². The maximum Gasteiger partial charge on any atom is 0.262 e. The maximum absolute atomic E-state index is 12.6. The molecule has 2 aromatic rings. The molecule has 2 amide bonds. The number of ether oxygens (including phenoxy) is 1. The number of nitrogens with one attached hydrogen (secondary N) is 2. The summed E-state index contributed by atoms with van der Waals surface area (Å²) in [5.74, 6) is 1.85. The van der Waals surface area contributed by atoms with Gasteiger partial charge >= 0.3 is 0 Å². The van der Waals surface area contributed by atoms with Crippen molar-refractivity contribution in [2.75, 3.05) is 6.61 Å². The molecule has 2 rings (SSSR count). The highest BCUT2D eigenvalue weighted by Gasteiger charge is 2.24. The molecular weight excluding hydrogens is 425 g/mol. The molecule has 0 heterocycles. The molecule has 0 bridgehead atoms. The highest BCUT2D eigenvalue weighted by Crippen LogP contribution is 2.22. The molecule has 0 saturated carbocycles. The molecule has 2 aromatic carbocycles. The predicted octanol–water partition coefficient (Wildman–Crippen LogP) is 3.91. The number of amides is 2. The van der Waals surface area contributed by atoms with Crippen molar-refractivity contribution in [1.82, 2.24) is 10.7 Å². The molecule has 0 radical (unpaired) electrons. The van der Waals surface area contributed by atoms with Gasteiger partial charge in [0.25, 0.3) is 11.8 Å². The second-order valence-electron chi connectivity index (χ2n) is 6.59. The first-order valence-electron chi connectivity index (χ1n) is 9.07. The normalized spacial score (nSPS) is 11.7. The monoisotopic (exact) mass is 445 g/mol. The zero-order valence-electron chi connectivity index (χ0n) is 16.5. The van der Waals surface area contributed by atoms with Crippen LogP contribution in [0.2, 0.25) is 10.0 Å². The zero-order valence-corrected chi connectivity index (χ0v) is 18.0. The van der Waals surface area contributed by atoms with Gasteiger partial charge in [0.1, 0.15) is 18.4 Å². The number of hydrazone groups is 1. The molecule has 8 heteroatoms. The second kappa shape index (κ2) is 11.2. The van der Waals surface area contributed by atoms with E-state index in [2.05, 4.69) is 21.8 Å². The molecule has 0 aliphatic carbocycles. The number of carbonyl (C=O) groups is 2. The lowest BCUT2D eigenvalue weighted by Gasteiger charge is -2.20. The minimum Gasteiger partial charge on any atom is -0.480 e. The van der Waals surface area contributed by atoms with Crippen LogP contribution < -0.4 is 15.5 Å². The van der Waals surface area contributed by atoms with E-state index < -0.39 is 17.9 Å². The molecule has 1 unspecified atom stereocenters. The largest absolute Gasteiger partial charge is 0.480 e. The Hall–Kier alpha value is -3.01. The molecule has 0 saturated heterocycles. The first-order valence-corrected chi connectivity index (χ1v) is 9.83. The molecule has 0 aliphatic heterocycles. The summed E-state index contributed by atoms with van der Waals surface area (Å²) in [6.45, 7) is 3.74. The van der Waals surface area contributed by atoms with Crippen LogP contribution in [0.1, 0.15) is 29.8 Å². The smallest absolute Gasteiger partial charge is 0.262 e. The van der Waals surface area contributed by atoms with Crippen molar-refractivity contribution >= 4 is 41.2 Å². The molecule has 2 N–H and O–H groups in total. The van der Waals surface area contributed by atoms with Crippen LogP contribution in [0.3, 0.4) is 0 Å². The van der Waals surface area contributed by atoms with Gasteiger partial charge in [0.05, 0.1) is 16.3 Å². The Labute approximate surface area is 185 Å². The minimum atomic E-state index is -0.808. The van der Waals surface area contributed by atoms with Gasteiger partial charge in [0, 0.05) is 11.1 Å². The van der Waals surface area contributed by atoms with Gasteiger partial charge < -0.3 is 10.1 Å². The Kier molecular flexibility index (Phi) is 8.72. The molecule has 30 heavy (non-hydrogen) atoms. The fourth-order valence-electron chi connectivity index (χ4n) is 2.47. The Morgan fingerprint density at radius 1 is 1.20 bits per heavy atom. The molecule has 156 valence electrons. The molecule has 0 aromatic heterocycles. The van der Waals surface area contributed by atoms with E-state index in [-0.39, 0.29) is 17.5 Å². The molecule has 0 aliphatic rings. The number of halogens is 2. The topological polar surface area (TPSA) is 79.8 Å². The van der Waals surface area contributed by atoms with Crippen LogP contribution in [0.25, 0.3) is 0 Å². The van der Waals surface area contributed by atoms with Crippen LogP contribution in [0, 0.1) is 18.3 Å². The summed E-state index contributed by atoms with van der Waals surface area (Å²) in [5, 5.41) is 7.26. The average Bonchev–Trinajstić information content (AvgIpc) is 2.72. The van der Waals surface area contributed by atoms with Gasteiger partial charge in [0.15, 0.2) is 0 Å². The quantitative estimate of drug-likeness (QED) is 0.367. The number of hydrogen-bond donors (Lipinski definition) is 2. The molecule has 0 fully saturated rings. The van der Waals surface area contributed by atoms with Crippen LogP contribution in [-0.4, -0.2) is 30.7 Å². The third-order valence-corrected chi connectivity index (χ3v) is 4.76. The van der Waals surface area contributed by atoms with E-state index in [0.29, 0.717) is 21.9 Å². The van der Waals surface area contributed by atoms with E-state index in [1.807, 2.05) is 13.8 Å². The third kappa shape index (κ3) is 6.51. The van der Waals surface area contributed by atoms with Gasteiger partial charge in [-0.05, 0) is 36.2 Å². The van der Waals surface area contributed by atoms with E-state index in [9.17, 15) is 9.59 Å². The Bertz CT molecular complexity index is 984. The first-order chi connectivity index (χ1) is 14.3. The van der Waals surface area contributed by atoms with Crippen molar-refractivity contribution in [1.29, 1.82) is 0 Å². The number of benzene rings is 2. The number of hydrogen-bond acceptors (Lipinski definition) is 4. The fraction of sp³-hybridized carbons (Fsp3) is 0.227. The Morgan fingerprint density at radius 3 is 2.60 bits per heavy atom. The second-order valence-corrected chi connectivity index (χ2v) is 7.40. The van der Waals surface area contributed by atoms with Gasteiger partial charge in [-0.1, -0.05) is 55.1 Å². The standard InChI is InChI=1S/C22H21Cl2N3O3/c1-4-11-30-19-8-6-5-7-16(19)13-25-27-22(29)20(14(2)3)26-21(28)15-9-10-17(23)18(24)12-15/h1,5-10,12-14,20H,11H2,2-3H3,(H,26,28)(H,27,29)/b25-13+. The van der Waals surface area contributed by atoms with E-state index in [1.165, 1.54) is 24.4 Å². The van der Waals surface area contributed by atoms with Crippen molar-refractivity contribution in [2.45, 2.75) is 19.9 Å². The van der Waals surface area contributed by atoms with E-state index in [0.717, 1.165) is 0 Å². The lowest BCUT2D eigenvalue weighted by atomic mass is 10.0. The highest BCUT2D eigenvalue weighted by molar-refractivity contribution is 6.42. The predicted molar refractivity (Wildman–Crippen MR) is 119 cm³/mol. The fourth-order valence-corrected chi connectivity index (χ4v) is 2.77. The SMILES string of the molecule is C#CCOc1ccccc1/C=N/NC(=O)C(NC(=O)c1ccc(Cl)c(Cl)c1)C(C)C. The van der Waals surface area contributed by atoms with E-state index in [4.69, 9.17) is 34.4 Å². The number of terminal acetylenes is 1. The number of nitrogens with zero attached hydrogens (tertiary/aromatic N) is 1. The van der Waals surface area contributed by atoms with Gasteiger partial charge in [-0.15, -0.1) is 6.42 Å². The average molecular weight is 446 g/mol. The summed E-state index contributed by atoms with van der Waals surface area (Å²) >= 11 is 11.8. The van der Waals surface area contributed by atoms with Crippen molar-refractivity contribution < 1.29 is 14.3 Å². The van der Waals surface area contributed by atoms with E-state index in [1.54, 1.807) is 24.3 Å². The van der Waals surface area contributed by atoms with Crippen molar-refractivity contribution in [3.63, 3.8) is 0 Å². The first kappa shape index (κ1) is 23.3. The summed E-state index contributed by atoms with van der Waals surface area (Å²) in [5.41, 5.74) is 3.39. The highest BCUT2D eigenvalue weighted by atomic mass is 35.5. The Morgan fingerprint density at radius 2 is 1.93 bits per heavy atom. The molecule has 0 spiro atoms. The van der Waals surface area contributed by atoms with Crippen LogP contribution in [0.15, 0.2) is 47.6 Å². The molecule has 6 nitrogen and oxygen atoms in total. The minimum absolute atomic E-state index is 0.118. The van der Waals surface area contributed by atoms with Gasteiger partial charge in [-0.25, -0.2) is 5.43 Å². The van der Waals surface area contributed by atoms with Crippen LogP contribution in [0.5, 0.6) is 5.75 Å². The molecule has 1 atom stereocenters. The van der Waals surface area contributed by atoms with Gasteiger partial charge in [-0.3, -0.25) is 9.59 Å². The zero-order chi connectivity index (χ0) is 22.1. The lowest BCUT2D eigenvalue weighted by Crippen LogP contribution is -2.48. The van der Waals surface area contributed by atoms with Gasteiger partial charge in [-0.2, -0.15) is 5.10 Å². The number of rotatable bonds is 8. The summed E-state index contributed by atoms with van der Waals surface area (Å²) in [7, 11) is 0. The van der Waals surface area contributed by atoms with Crippen molar-refractivity contribution in [3.8, 4) is 18.1 Å². The summed E-state index contributed by atoms with van der Waals surface area (Å²) < 4.78 is 5.43. The van der Waals surface area contributed by atoms with Crippen molar-refractivity contribution in [3.05, 3.63) is 63.6 Å². The Balaban J connectivity index is 2.05. The third-order valence-electron chi connectivity index (χ3n) is 4.03. The number of para-hydroxylation sites is 1. The lowest BCUT2D eigenvalue weighted by molar-refractivity contribution is -0.123. The molecular formula is C22H21Cl2N3O3. The van der Waals surface area contributed by atoms with Crippen LogP contribution in [-0.2, 0) is 4.79 Å². The maximum atomic E-state index is 12.6. The number of carbonyl (C=O) groups excluding carboxylic acids is 2. The summed E-state index contributed by atoms with van der Waals surface area (Å²) in [6, 6.07) is 10.8. The summed E-state index contributed by atoms with van der Waals surface area (Å²) in [4.78, 5) is 25.1. The summed E-state index contributed by atoms with van der Waals surface area (Å²) in [6.07, 6.45) is 6.66. The van der Waals surface area contributed by atoms with E-state index >= 15 is 0 Å². The van der Waals surface area contributed by atoms with Crippen LogP contribution in [0.4, 0.5) is 0 Å². The van der Waals surface area contributed by atoms with Crippen LogP contribution >= 0.6 is 23.2 Å². The van der Waals surface area contributed by atoms with Gasteiger partial charge in [0.2, 0.25) is 0 Å².